The highest BCUT2D eigenvalue weighted by atomic mass is 35.5. The predicted molar refractivity (Wildman–Crippen MR) is 77.8 cm³/mol. The summed E-state index contributed by atoms with van der Waals surface area (Å²) in [7, 11) is 0. The lowest BCUT2D eigenvalue weighted by Crippen LogP contribution is -2.52. The minimum atomic E-state index is -0.0897. The van der Waals surface area contributed by atoms with E-state index in [0.717, 1.165) is 19.6 Å². The zero-order valence-electron chi connectivity index (χ0n) is 12.0. The lowest BCUT2D eigenvalue weighted by molar-refractivity contribution is 0.0655. The summed E-state index contributed by atoms with van der Waals surface area (Å²) in [4.78, 5) is 14.3. The molecule has 1 aromatic heterocycles. The Bertz CT molecular complexity index is 438. The van der Waals surface area contributed by atoms with Crippen molar-refractivity contribution in [3.63, 3.8) is 0 Å². The zero-order chi connectivity index (χ0) is 13.3. The van der Waals surface area contributed by atoms with Gasteiger partial charge in [0.15, 0.2) is 0 Å². The first-order valence-corrected chi connectivity index (χ1v) is 6.46. The average molecular weight is 287 g/mol. The smallest absolute Gasteiger partial charge is 0.257 e. The van der Waals surface area contributed by atoms with Gasteiger partial charge in [-0.15, -0.1) is 12.4 Å². The van der Waals surface area contributed by atoms with E-state index >= 15 is 0 Å². The van der Waals surface area contributed by atoms with E-state index in [1.807, 2.05) is 15.8 Å². The van der Waals surface area contributed by atoms with Gasteiger partial charge in [-0.1, -0.05) is 0 Å². The van der Waals surface area contributed by atoms with Crippen molar-refractivity contribution in [1.82, 2.24) is 20.0 Å². The SMILES string of the molecule is CC1CNCCN1C(=O)c1cnn(C(C)(C)C)c1.Cl. The van der Waals surface area contributed by atoms with Crippen molar-refractivity contribution in [3.05, 3.63) is 18.0 Å². The lowest BCUT2D eigenvalue weighted by Gasteiger charge is -2.33. The normalized spacial score (nSPS) is 20.0. The molecule has 0 spiro atoms. The quantitative estimate of drug-likeness (QED) is 0.851. The molecule has 0 radical (unpaired) electrons. The Balaban J connectivity index is 0.00000180. The topological polar surface area (TPSA) is 50.2 Å². The van der Waals surface area contributed by atoms with E-state index in [0.29, 0.717) is 5.56 Å². The van der Waals surface area contributed by atoms with Crippen LogP contribution in [0.4, 0.5) is 0 Å². The molecule has 0 bridgehead atoms. The summed E-state index contributed by atoms with van der Waals surface area (Å²) in [6, 6.07) is 0.240. The van der Waals surface area contributed by atoms with Gasteiger partial charge in [0.05, 0.1) is 17.3 Å². The fourth-order valence-corrected chi connectivity index (χ4v) is 2.11. The van der Waals surface area contributed by atoms with Crippen molar-refractivity contribution in [2.45, 2.75) is 39.3 Å². The number of carbonyl (C=O) groups excluding carboxylic acids is 1. The molecule has 1 N–H and O–H groups in total. The third kappa shape index (κ3) is 3.48. The van der Waals surface area contributed by atoms with Gasteiger partial charge in [-0.3, -0.25) is 9.48 Å². The number of piperazine rings is 1. The molecular weight excluding hydrogens is 264 g/mol. The Morgan fingerprint density at radius 1 is 1.47 bits per heavy atom. The molecule has 1 aliphatic rings. The number of nitrogens with zero attached hydrogens (tertiary/aromatic N) is 3. The first kappa shape index (κ1) is 16.0. The molecular formula is C13H23ClN4O. The molecule has 0 aliphatic carbocycles. The molecule has 2 rings (SSSR count). The molecule has 1 atom stereocenters. The number of hydrogen-bond donors (Lipinski definition) is 1. The molecule has 1 aliphatic heterocycles. The van der Waals surface area contributed by atoms with Gasteiger partial charge in [0, 0.05) is 31.9 Å². The maximum atomic E-state index is 12.4. The molecule has 6 heteroatoms. The van der Waals surface area contributed by atoms with Crippen molar-refractivity contribution < 1.29 is 4.79 Å². The van der Waals surface area contributed by atoms with Gasteiger partial charge < -0.3 is 10.2 Å². The maximum absolute atomic E-state index is 12.4. The zero-order valence-corrected chi connectivity index (χ0v) is 12.8. The molecule has 0 aromatic carbocycles. The molecule has 19 heavy (non-hydrogen) atoms. The summed E-state index contributed by atoms with van der Waals surface area (Å²) in [5, 5.41) is 7.57. The first-order valence-electron chi connectivity index (χ1n) is 6.46. The minimum Gasteiger partial charge on any atom is -0.333 e. The van der Waals surface area contributed by atoms with Gasteiger partial charge in [0.25, 0.3) is 5.91 Å². The molecule has 1 saturated heterocycles. The van der Waals surface area contributed by atoms with E-state index in [1.165, 1.54) is 0 Å². The van der Waals surface area contributed by atoms with E-state index in [1.54, 1.807) is 6.20 Å². The highest BCUT2D eigenvalue weighted by Gasteiger charge is 2.25. The Labute approximate surface area is 120 Å². The Kier molecular flexibility index (Phi) is 4.98. The van der Waals surface area contributed by atoms with Gasteiger partial charge in [0.2, 0.25) is 0 Å². The van der Waals surface area contributed by atoms with Crippen LogP contribution >= 0.6 is 12.4 Å². The third-order valence-corrected chi connectivity index (χ3v) is 3.28. The fraction of sp³-hybridized carbons (Fsp3) is 0.692. The van der Waals surface area contributed by atoms with Crippen LogP contribution in [-0.4, -0.2) is 46.3 Å². The van der Waals surface area contributed by atoms with Gasteiger partial charge >= 0.3 is 0 Å². The second-order valence-corrected chi connectivity index (χ2v) is 5.90. The van der Waals surface area contributed by atoms with Crippen molar-refractivity contribution >= 4 is 18.3 Å². The maximum Gasteiger partial charge on any atom is 0.257 e. The van der Waals surface area contributed by atoms with E-state index in [9.17, 15) is 4.79 Å². The molecule has 108 valence electrons. The second-order valence-electron chi connectivity index (χ2n) is 5.90. The number of carbonyl (C=O) groups is 1. The first-order chi connectivity index (χ1) is 8.39. The van der Waals surface area contributed by atoms with Crippen molar-refractivity contribution in [1.29, 1.82) is 0 Å². The molecule has 1 aromatic rings. The van der Waals surface area contributed by atoms with Gasteiger partial charge in [-0.05, 0) is 27.7 Å². The molecule has 1 fully saturated rings. The summed E-state index contributed by atoms with van der Waals surface area (Å²) in [6.45, 7) is 10.8. The van der Waals surface area contributed by atoms with Crippen LogP contribution in [0.25, 0.3) is 0 Å². The second kappa shape index (κ2) is 5.92. The van der Waals surface area contributed by atoms with E-state index in [4.69, 9.17) is 0 Å². The number of hydrogen-bond acceptors (Lipinski definition) is 3. The van der Waals surface area contributed by atoms with Crippen molar-refractivity contribution in [2.24, 2.45) is 0 Å². The van der Waals surface area contributed by atoms with E-state index in [2.05, 4.69) is 38.1 Å². The summed E-state index contributed by atoms with van der Waals surface area (Å²) in [5.41, 5.74) is 0.590. The van der Waals surface area contributed by atoms with E-state index < -0.39 is 0 Å². The van der Waals surface area contributed by atoms with Crippen LogP contribution in [0.3, 0.4) is 0 Å². The van der Waals surface area contributed by atoms with Crippen LogP contribution in [-0.2, 0) is 5.54 Å². The number of rotatable bonds is 1. The number of amides is 1. The van der Waals surface area contributed by atoms with Crippen LogP contribution < -0.4 is 5.32 Å². The number of halogens is 1. The van der Waals surface area contributed by atoms with Crippen LogP contribution in [0.2, 0.25) is 0 Å². The van der Waals surface area contributed by atoms with Crippen LogP contribution in [0, 0.1) is 0 Å². The fourth-order valence-electron chi connectivity index (χ4n) is 2.11. The molecule has 1 amide bonds. The Morgan fingerprint density at radius 3 is 2.68 bits per heavy atom. The number of aromatic nitrogens is 2. The minimum absolute atomic E-state index is 0. The van der Waals surface area contributed by atoms with Gasteiger partial charge in [-0.25, -0.2) is 0 Å². The molecule has 2 heterocycles. The summed E-state index contributed by atoms with van der Waals surface area (Å²) in [6.07, 6.45) is 3.51. The van der Waals surface area contributed by atoms with E-state index in [-0.39, 0.29) is 29.9 Å². The summed E-state index contributed by atoms with van der Waals surface area (Å²) >= 11 is 0. The predicted octanol–water partition coefficient (Wildman–Crippen LogP) is 1.49. The Hall–Kier alpha value is -1.07. The average Bonchev–Trinajstić information content (AvgIpc) is 2.77. The summed E-state index contributed by atoms with van der Waals surface area (Å²) in [5.74, 6) is 0.0829. The van der Waals surface area contributed by atoms with Gasteiger partial charge in [0.1, 0.15) is 0 Å². The van der Waals surface area contributed by atoms with Gasteiger partial charge in [-0.2, -0.15) is 5.10 Å². The van der Waals surface area contributed by atoms with Crippen LogP contribution in [0.15, 0.2) is 12.4 Å². The summed E-state index contributed by atoms with van der Waals surface area (Å²) < 4.78 is 1.84. The Morgan fingerprint density at radius 2 is 2.16 bits per heavy atom. The largest absolute Gasteiger partial charge is 0.333 e. The lowest BCUT2D eigenvalue weighted by atomic mass is 10.1. The molecule has 1 unspecified atom stereocenters. The van der Waals surface area contributed by atoms with Crippen molar-refractivity contribution in [3.8, 4) is 0 Å². The van der Waals surface area contributed by atoms with Crippen molar-refractivity contribution in [2.75, 3.05) is 19.6 Å². The molecule has 5 nitrogen and oxygen atoms in total. The standard InChI is InChI=1S/C13H22N4O.ClH/c1-10-7-14-5-6-16(10)12(18)11-8-15-17(9-11)13(2,3)4;/h8-10,14H,5-7H2,1-4H3;1H. The van der Waals surface area contributed by atoms with Crippen LogP contribution in [0.5, 0.6) is 0 Å². The molecule has 0 saturated carbocycles. The number of nitrogens with one attached hydrogen (secondary N) is 1. The monoisotopic (exact) mass is 286 g/mol. The highest BCUT2D eigenvalue weighted by molar-refractivity contribution is 5.94. The third-order valence-electron chi connectivity index (χ3n) is 3.28. The van der Waals surface area contributed by atoms with Crippen LogP contribution in [0.1, 0.15) is 38.1 Å². The highest BCUT2D eigenvalue weighted by Crippen LogP contribution is 2.15.